The third-order valence-electron chi connectivity index (χ3n) is 2.33. The first-order valence-electron chi connectivity index (χ1n) is 6.12. The average molecular weight is 201 g/mol. The number of unbranched alkanes of at least 4 members (excludes halogenated alkanes) is 2. The summed E-state index contributed by atoms with van der Waals surface area (Å²) >= 11 is 0. The SMILES string of the molecule is CCCCCOCCC(C)NCCC. The predicted molar refractivity (Wildman–Crippen MR) is 62.7 cm³/mol. The van der Waals surface area contributed by atoms with Gasteiger partial charge in [-0.1, -0.05) is 26.7 Å². The highest BCUT2D eigenvalue weighted by atomic mass is 16.5. The van der Waals surface area contributed by atoms with Crippen LogP contribution in [0, 0.1) is 0 Å². The van der Waals surface area contributed by atoms with Crippen LogP contribution in [0.25, 0.3) is 0 Å². The van der Waals surface area contributed by atoms with E-state index in [4.69, 9.17) is 4.74 Å². The summed E-state index contributed by atoms with van der Waals surface area (Å²) < 4.78 is 5.55. The normalized spacial score (nSPS) is 13.1. The van der Waals surface area contributed by atoms with Crippen molar-refractivity contribution >= 4 is 0 Å². The molecule has 0 saturated heterocycles. The number of hydrogen-bond donors (Lipinski definition) is 1. The van der Waals surface area contributed by atoms with Crippen molar-refractivity contribution in [1.29, 1.82) is 0 Å². The van der Waals surface area contributed by atoms with Crippen molar-refractivity contribution in [3.63, 3.8) is 0 Å². The van der Waals surface area contributed by atoms with Gasteiger partial charge in [0.25, 0.3) is 0 Å². The molecule has 0 saturated carbocycles. The maximum atomic E-state index is 5.55. The minimum Gasteiger partial charge on any atom is -0.381 e. The molecular formula is C12H27NO. The maximum absolute atomic E-state index is 5.55. The van der Waals surface area contributed by atoms with Gasteiger partial charge in [0.15, 0.2) is 0 Å². The van der Waals surface area contributed by atoms with Gasteiger partial charge in [-0.05, 0) is 32.7 Å². The molecular weight excluding hydrogens is 174 g/mol. The third kappa shape index (κ3) is 10.0. The minimum absolute atomic E-state index is 0.598. The predicted octanol–water partition coefficient (Wildman–Crippen LogP) is 2.97. The summed E-state index contributed by atoms with van der Waals surface area (Å²) in [4.78, 5) is 0. The Balaban J connectivity index is 3.02. The second-order valence-electron chi connectivity index (χ2n) is 3.96. The van der Waals surface area contributed by atoms with Crippen LogP contribution in [-0.2, 0) is 4.74 Å². The number of hydrogen-bond acceptors (Lipinski definition) is 2. The third-order valence-corrected chi connectivity index (χ3v) is 2.33. The molecule has 0 aromatic rings. The van der Waals surface area contributed by atoms with E-state index in [9.17, 15) is 0 Å². The molecule has 0 aliphatic carbocycles. The van der Waals surface area contributed by atoms with Crippen LogP contribution in [0.4, 0.5) is 0 Å². The fourth-order valence-electron chi connectivity index (χ4n) is 1.31. The quantitative estimate of drug-likeness (QED) is 0.549. The van der Waals surface area contributed by atoms with E-state index in [2.05, 4.69) is 26.1 Å². The largest absolute Gasteiger partial charge is 0.381 e. The van der Waals surface area contributed by atoms with E-state index >= 15 is 0 Å². The smallest absolute Gasteiger partial charge is 0.0480 e. The van der Waals surface area contributed by atoms with Crippen molar-refractivity contribution < 1.29 is 4.74 Å². The Morgan fingerprint density at radius 2 is 1.86 bits per heavy atom. The topological polar surface area (TPSA) is 21.3 Å². The lowest BCUT2D eigenvalue weighted by atomic mass is 10.2. The summed E-state index contributed by atoms with van der Waals surface area (Å²) in [6.07, 6.45) is 6.13. The summed E-state index contributed by atoms with van der Waals surface area (Å²) in [5.74, 6) is 0. The van der Waals surface area contributed by atoms with E-state index in [1.165, 1.54) is 25.7 Å². The Bertz CT molecular complexity index is 106. The summed E-state index contributed by atoms with van der Waals surface area (Å²) in [6, 6.07) is 0.598. The molecule has 2 heteroatoms. The molecule has 0 aromatic carbocycles. The van der Waals surface area contributed by atoms with Crippen LogP contribution in [0.3, 0.4) is 0 Å². The highest BCUT2D eigenvalue weighted by Gasteiger charge is 1.99. The molecule has 0 aliphatic heterocycles. The van der Waals surface area contributed by atoms with E-state index in [-0.39, 0.29) is 0 Å². The van der Waals surface area contributed by atoms with Gasteiger partial charge in [-0.25, -0.2) is 0 Å². The molecule has 0 radical (unpaired) electrons. The summed E-state index contributed by atoms with van der Waals surface area (Å²) in [5, 5.41) is 3.45. The fraction of sp³-hybridized carbons (Fsp3) is 1.00. The van der Waals surface area contributed by atoms with Gasteiger partial charge in [-0.15, -0.1) is 0 Å². The van der Waals surface area contributed by atoms with Crippen LogP contribution < -0.4 is 5.32 Å². The molecule has 86 valence electrons. The van der Waals surface area contributed by atoms with Crippen molar-refractivity contribution in [2.45, 2.75) is 58.9 Å². The fourth-order valence-corrected chi connectivity index (χ4v) is 1.31. The van der Waals surface area contributed by atoms with Crippen molar-refractivity contribution in [1.82, 2.24) is 5.32 Å². The molecule has 0 heterocycles. The van der Waals surface area contributed by atoms with Crippen molar-refractivity contribution in [2.24, 2.45) is 0 Å². The highest BCUT2D eigenvalue weighted by Crippen LogP contribution is 1.96. The lowest BCUT2D eigenvalue weighted by Crippen LogP contribution is -2.27. The lowest BCUT2D eigenvalue weighted by molar-refractivity contribution is 0.122. The molecule has 0 aromatic heterocycles. The Morgan fingerprint density at radius 1 is 1.07 bits per heavy atom. The van der Waals surface area contributed by atoms with Gasteiger partial charge < -0.3 is 10.1 Å². The summed E-state index contributed by atoms with van der Waals surface area (Å²) in [6.45, 7) is 9.61. The van der Waals surface area contributed by atoms with Gasteiger partial charge in [-0.2, -0.15) is 0 Å². The molecule has 0 fully saturated rings. The zero-order valence-corrected chi connectivity index (χ0v) is 10.1. The molecule has 1 N–H and O–H groups in total. The Morgan fingerprint density at radius 3 is 2.50 bits per heavy atom. The first-order chi connectivity index (χ1) is 6.81. The first-order valence-corrected chi connectivity index (χ1v) is 6.12. The van der Waals surface area contributed by atoms with Crippen molar-refractivity contribution in [3.8, 4) is 0 Å². The van der Waals surface area contributed by atoms with Gasteiger partial charge in [0.2, 0.25) is 0 Å². The second kappa shape index (κ2) is 11.0. The van der Waals surface area contributed by atoms with Gasteiger partial charge in [0, 0.05) is 19.3 Å². The Hall–Kier alpha value is -0.0800. The van der Waals surface area contributed by atoms with E-state index in [0.717, 1.165) is 26.2 Å². The van der Waals surface area contributed by atoms with Crippen LogP contribution in [-0.4, -0.2) is 25.8 Å². The molecule has 1 unspecified atom stereocenters. The minimum atomic E-state index is 0.598. The van der Waals surface area contributed by atoms with Gasteiger partial charge >= 0.3 is 0 Å². The van der Waals surface area contributed by atoms with Crippen LogP contribution in [0.1, 0.15) is 52.9 Å². The first kappa shape index (κ1) is 13.9. The Kier molecular flexibility index (Phi) is 10.9. The van der Waals surface area contributed by atoms with Gasteiger partial charge in [-0.3, -0.25) is 0 Å². The molecule has 1 atom stereocenters. The molecule has 0 bridgehead atoms. The number of ether oxygens (including phenoxy) is 1. The average Bonchev–Trinajstić information content (AvgIpc) is 2.20. The van der Waals surface area contributed by atoms with Gasteiger partial charge in [0.05, 0.1) is 0 Å². The van der Waals surface area contributed by atoms with Crippen LogP contribution in [0.5, 0.6) is 0 Å². The molecule has 14 heavy (non-hydrogen) atoms. The zero-order valence-electron chi connectivity index (χ0n) is 10.1. The molecule has 0 aliphatic rings. The number of rotatable bonds is 10. The van der Waals surface area contributed by atoms with E-state index in [1.807, 2.05) is 0 Å². The Labute approximate surface area is 89.4 Å². The van der Waals surface area contributed by atoms with Crippen molar-refractivity contribution in [3.05, 3.63) is 0 Å². The molecule has 2 nitrogen and oxygen atoms in total. The van der Waals surface area contributed by atoms with Crippen molar-refractivity contribution in [2.75, 3.05) is 19.8 Å². The van der Waals surface area contributed by atoms with Crippen LogP contribution in [0.15, 0.2) is 0 Å². The lowest BCUT2D eigenvalue weighted by Gasteiger charge is -2.12. The molecule has 0 rings (SSSR count). The standard InChI is InChI=1S/C12H27NO/c1-4-6-7-10-14-11-8-12(3)13-9-5-2/h12-13H,4-11H2,1-3H3. The summed E-state index contributed by atoms with van der Waals surface area (Å²) in [7, 11) is 0. The van der Waals surface area contributed by atoms with Crippen LogP contribution in [0.2, 0.25) is 0 Å². The second-order valence-corrected chi connectivity index (χ2v) is 3.96. The van der Waals surface area contributed by atoms with E-state index in [0.29, 0.717) is 6.04 Å². The molecule has 0 spiro atoms. The highest BCUT2D eigenvalue weighted by molar-refractivity contribution is 4.58. The van der Waals surface area contributed by atoms with E-state index in [1.54, 1.807) is 0 Å². The van der Waals surface area contributed by atoms with E-state index < -0.39 is 0 Å². The zero-order chi connectivity index (χ0) is 10.6. The number of nitrogens with one attached hydrogen (secondary N) is 1. The van der Waals surface area contributed by atoms with Gasteiger partial charge in [0.1, 0.15) is 0 Å². The van der Waals surface area contributed by atoms with Crippen LogP contribution >= 0.6 is 0 Å². The monoisotopic (exact) mass is 201 g/mol. The molecule has 0 amide bonds. The summed E-state index contributed by atoms with van der Waals surface area (Å²) in [5.41, 5.74) is 0. The maximum Gasteiger partial charge on any atom is 0.0480 e.